The highest BCUT2D eigenvalue weighted by molar-refractivity contribution is 5.04. The van der Waals surface area contributed by atoms with Crippen LogP contribution in [0.25, 0.3) is 0 Å². The van der Waals surface area contributed by atoms with Crippen LogP contribution in [0, 0.1) is 0 Å². The first-order valence-electron chi connectivity index (χ1n) is 5.44. The first-order valence-corrected chi connectivity index (χ1v) is 5.44. The summed E-state index contributed by atoms with van der Waals surface area (Å²) in [6.45, 7) is 6.44. The molecule has 0 aliphatic heterocycles. The molecule has 0 saturated heterocycles. The normalized spacial score (nSPS) is 15.4. The Morgan fingerprint density at radius 3 is 2.79 bits per heavy atom. The van der Waals surface area contributed by atoms with Crippen LogP contribution >= 0.6 is 0 Å². The van der Waals surface area contributed by atoms with E-state index >= 15 is 0 Å². The van der Waals surface area contributed by atoms with Crippen molar-refractivity contribution in [3.05, 3.63) is 18.2 Å². The fourth-order valence-corrected chi connectivity index (χ4v) is 1.67. The minimum atomic E-state index is 0.0709. The molecule has 1 rings (SSSR count). The van der Waals surface area contributed by atoms with Gasteiger partial charge in [-0.2, -0.15) is 0 Å². The summed E-state index contributed by atoms with van der Waals surface area (Å²) in [4.78, 5) is 4.16. The molecule has 0 amide bonds. The van der Waals surface area contributed by atoms with Crippen LogP contribution in [-0.2, 0) is 0 Å². The van der Waals surface area contributed by atoms with Crippen LogP contribution in [0.4, 0.5) is 0 Å². The maximum Gasteiger partial charge on any atom is 0.0951 e. The minimum Gasteiger partial charge on any atom is -0.330 e. The molecule has 0 aliphatic carbocycles. The lowest BCUT2D eigenvalue weighted by molar-refractivity contribution is 0.463. The van der Waals surface area contributed by atoms with Crippen molar-refractivity contribution in [2.24, 2.45) is 5.73 Å². The summed E-state index contributed by atoms with van der Waals surface area (Å²) in [5, 5.41) is 0. The van der Waals surface area contributed by atoms with Crippen molar-refractivity contribution < 1.29 is 0 Å². The Morgan fingerprint density at radius 2 is 2.21 bits per heavy atom. The number of hydrogen-bond donors (Lipinski definition) is 1. The van der Waals surface area contributed by atoms with Crippen molar-refractivity contribution in [2.75, 3.05) is 0 Å². The van der Waals surface area contributed by atoms with Gasteiger partial charge in [-0.25, -0.2) is 4.98 Å². The Hall–Kier alpha value is -0.830. The van der Waals surface area contributed by atoms with E-state index in [0.29, 0.717) is 6.04 Å². The lowest BCUT2D eigenvalue weighted by Crippen LogP contribution is -2.14. The minimum absolute atomic E-state index is 0.0709. The van der Waals surface area contributed by atoms with Crippen LogP contribution in [0.15, 0.2) is 12.5 Å². The Morgan fingerprint density at radius 1 is 1.50 bits per heavy atom. The fourth-order valence-electron chi connectivity index (χ4n) is 1.67. The van der Waals surface area contributed by atoms with E-state index in [1.807, 2.05) is 19.4 Å². The van der Waals surface area contributed by atoms with Gasteiger partial charge < -0.3 is 10.3 Å². The maximum atomic E-state index is 5.86. The zero-order valence-electron chi connectivity index (χ0n) is 9.40. The molecule has 0 saturated carbocycles. The molecule has 0 spiro atoms. The third-order valence-corrected chi connectivity index (χ3v) is 2.61. The van der Waals surface area contributed by atoms with Gasteiger partial charge in [0.05, 0.1) is 12.0 Å². The topological polar surface area (TPSA) is 43.8 Å². The number of imidazole rings is 1. The molecular formula is C11H21N3. The second kappa shape index (κ2) is 5.15. The van der Waals surface area contributed by atoms with Crippen molar-refractivity contribution in [1.82, 2.24) is 9.55 Å². The van der Waals surface area contributed by atoms with Gasteiger partial charge in [-0.15, -0.1) is 0 Å². The van der Waals surface area contributed by atoms with Crippen LogP contribution in [0.1, 0.15) is 57.8 Å². The fraction of sp³-hybridized carbons (Fsp3) is 0.727. The van der Waals surface area contributed by atoms with Crippen molar-refractivity contribution in [3.63, 3.8) is 0 Å². The van der Waals surface area contributed by atoms with Crippen LogP contribution in [0.5, 0.6) is 0 Å². The molecule has 3 nitrogen and oxygen atoms in total. The van der Waals surface area contributed by atoms with E-state index in [4.69, 9.17) is 5.73 Å². The van der Waals surface area contributed by atoms with Gasteiger partial charge >= 0.3 is 0 Å². The number of hydrogen-bond acceptors (Lipinski definition) is 2. The Labute approximate surface area is 86.3 Å². The number of rotatable bonds is 5. The lowest BCUT2D eigenvalue weighted by atomic mass is 10.1. The first kappa shape index (κ1) is 11.2. The standard InChI is InChI=1S/C11H21N3/c1-4-5-6-9(2)14-8-13-7-11(14)10(3)12/h7-10H,4-6,12H2,1-3H3/t9?,10-/m1/s1. The molecule has 0 radical (unpaired) electrons. The first-order chi connectivity index (χ1) is 6.66. The number of aromatic nitrogens is 2. The molecule has 2 N–H and O–H groups in total. The summed E-state index contributed by atoms with van der Waals surface area (Å²) in [7, 11) is 0. The highest BCUT2D eigenvalue weighted by atomic mass is 15.1. The van der Waals surface area contributed by atoms with E-state index in [-0.39, 0.29) is 6.04 Å². The Bertz CT molecular complexity index is 265. The molecule has 0 aliphatic rings. The molecule has 14 heavy (non-hydrogen) atoms. The van der Waals surface area contributed by atoms with E-state index in [2.05, 4.69) is 23.4 Å². The van der Waals surface area contributed by atoms with Gasteiger partial charge in [0.2, 0.25) is 0 Å². The van der Waals surface area contributed by atoms with Crippen LogP contribution in [0.3, 0.4) is 0 Å². The average Bonchev–Trinajstić information content (AvgIpc) is 2.62. The van der Waals surface area contributed by atoms with E-state index in [1.54, 1.807) is 0 Å². The van der Waals surface area contributed by atoms with Crippen molar-refractivity contribution in [3.8, 4) is 0 Å². The van der Waals surface area contributed by atoms with Crippen LogP contribution in [-0.4, -0.2) is 9.55 Å². The van der Waals surface area contributed by atoms with Crippen LogP contribution in [0.2, 0.25) is 0 Å². The zero-order valence-corrected chi connectivity index (χ0v) is 9.40. The molecule has 0 fully saturated rings. The molecule has 0 aromatic carbocycles. The Kier molecular flexibility index (Phi) is 4.14. The highest BCUT2D eigenvalue weighted by Crippen LogP contribution is 2.19. The summed E-state index contributed by atoms with van der Waals surface area (Å²) in [5.74, 6) is 0. The molecule has 1 aromatic heterocycles. The van der Waals surface area contributed by atoms with E-state index < -0.39 is 0 Å². The molecule has 1 heterocycles. The van der Waals surface area contributed by atoms with Gasteiger partial charge in [0.25, 0.3) is 0 Å². The van der Waals surface area contributed by atoms with Crippen molar-refractivity contribution in [2.45, 2.75) is 52.1 Å². The van der Waals surface area contributed by atoms with Gasteiger partial charge in [0.15, 0.2) is 0 Å². The number of unbranched alkanes of at least 4 members (excludes halogenated alkanes) is 1. The summed E-state index contributed by atoms with van der Waals surface area (Å²) in [6.07, 6.45) is 7.46. The van der Waals surface area contributed by atoms with Gasteiger partial charge in [0, 0.05) is 18.3 Å². The summed E-state index contributed by atoms with van der Waals surface area (Å²) in [5.41, 5.74) is 7.00. The average molecular weight is 195 g/mol. The van der Waals surface area contributed by atoms with E-state index in [0.717, 1.165) is 5.69 Å². The van der Waals surface area contributed by atoms with E-state index in [9.17, 15) is 0 Å². The molecule has 2 atom stereocenters. The summed E-state index contributed by atoms with van der Waals surface area (Å²) in [6, 6.07) is 0.583. The number of nitrogens with two attached hydrogens (primary N) is 1. The summed E-state index contributed by atoms with van der Waals surface area (Å²) >= 11 is 0. The third-order valence-electron chi connectivity index (χ3n) is 2.61. The largest absolute Gasteiger partial charge is 0.330 e. The quantitative estimate of drug-likeness (QED) is 0.785. The van der Waals surface area contributed by atoms with Crippen LogP contribution < -0.4 is 5.73 Å². The van der Waals surface area contributed by atoms with Crippen molar-refractivity contribution in [1.29, 1.82) is 0 Å². The van der Waals surface area contributed by atoms with Crippen molar-refractivity contribution >= 4 is 0 Å². The smallest absolute Gasteiger partial charge is 0.0951 e. The maximum absolute atomic E-state index is 5.86. The molecule has 3 heteroatoms. The molecule has 1 unspecified atom stereocenters. The SMILES string of the molecule is CCCCC(C)n1cncc1[C@@H](C)N. The molecule has 0 bridgehead atoms. The Balaban J connectivity index is 2.68. The molecule has 80 valence electrons. The lowest BCUT2D eigenvalue weighted by Gasteiger charge is -2.17. The predicted octanol–water partition coefficient (Wildman–Crippen LogP) is 2.65. The zero-order chi connectivity index (χ0) is 10.6. The highest BCUT2D eigenvalue weighted by Gasteiger charge is 2.11. The molecular weight excluding hydrogens is 174 g/mol. The number of nitrogens with zero attached hydrogens (tertiary/aromatic N) is 2. The summed E-state index contributed by atoms with van der Waals surface area (Å²) < 4.78 is 2.19. The van der Waals surface area contributed by atoms with Gasteiger partial charge in [-0.3, -0.25) is 0 Å². The van der Waals surface area contributed by atoms with Gasteiger partial charge in [0.1, 0.15) is 0 Å². The predicted molar refractivity (Wildman–Crippen MR) is 59.1 cm³/mol. The third kappa shape index (κ3) is 2.58. The second-order valence-electron chi connectivity index (χ2n) is 4.01. The molecule has 1 aromatic rings. The van der Waals surface area contributed by atoms with Gasteiger partial charge in [-0.05, 0) is 20.3 Å². The monoisotopic (exact) mass is 195 g/mol. The van der Waals surface area contributed by atoms with E-state index in [1.165, 1.54) is 19.3 Å². The van der Waals surface area contributed by atoms with Gasteiger partial charge in [-0.1, -0.05) is 19.8 Å². The second-order valence-corrected chi connectivity index (χ2v) is 4.01.